The van der Waals surface area contributed by atoms with Gasteiger partial charge < -0.3 is 14.8 Å². The Labute approximate surface area is 153 Å². The summed E-state index contributed by atoms with van der Waals surface area (Å²) in [6.07, 6.45) is 6.62. The Morgan fingerprint density at radius 2 is 2.04 bits per heavy atom. The molecule has 0 radical (unpaired) electrons. The van der Waals surface area contributed by atoms with Gasteiger partial charge in [0.1, 0.15) is 12.4 Å². The molecule has 1 aliphatic heterocycles. The monoisotopic (exact) mass is 365 g/mol. The SMILES string of the molecule is O=C(COC(=O)[C@@H]1COc2ccc(Cl)cc2C1)NCC1CCCCC1. The number of nitrogens with one attached hydrogen (secondary N) is 1. The summed E-state index contributed by atoms with van der Waals surface area (Å²) in [5.74, 6) is 0.259. The second-order valence-corrected chi connectivity index (χ2v) is 7.32. The molecule has 1 aromatic carbocycles. The van der Waals surface area contributed by atoms with Gasteiger partial charge in [0.2, 0.25) is 0 Å². The lowest BCUT2D eigenvalue weighted by Gasteiger charge is -2.24. The van der Waals surface area contributed by atoms with Gasteiger partial charge in [-0.2, -0.15) is 0 Å². The fourth-order valence-electron chi connectivity index (χ4n) is 3.47. The zero-order valence-corrected chi connectivity index (χ0v) is 15.0. The first-order valence-corrected chi connectivity index (χ1v) is 9.34. The van der Waals surface area contributed by atoms with Crippen LogP contribution in [0.25, 0.3) is 0 Å². The van der Waals surface area contributed by atoms with E-state index in [0.717, 1.165) is 11.3 Å². The summed E-state index contributed by atoms with van der Waals surface area (Å²) >= 11 is 5.98. The molecule has 1 amide bonds. The van der Waals surface area contributed by atoms with Gasteiger partial charge in [-0.15, -0.1) is 0 Å². The zero-order valence-electron chi connectivity index (χ0n) is 14.3. The van der Waals surface area contributed by atoms with Crippen LogP contribution >= 0.6 is 11.6 Å². The molecule has 136 valence electrons. The van der Waals surface area contributed by atoms with Crippen LogP contribution in [-0.4, -0.2) is 31.6 Å². The van der Waals surface area contributed by atoms with Crippen LogP contribution in [0.4, 0.5) is 0 Å². The Hall–Kier alpha value is -1.75. The average molecular weight is 366 g/mol. The summed E-state index contributed by atoms with van der Waals surface area (Å²) in [4.78, 5) is 24.1. The summed E-state index contributed by atoms with van der Waals surface area (Å²) in [6, 6.07) is 5.36. The van der Waals surface area contributed by atoms with Gasteiger partial charge in [-0.05, 0) is 48.9 Å². The fraction of sp³-hybridized carbons (Fsp3) is 0.579. The van der Waals surface area contributed by atoms with Crippen molar-refractivity contribution < 1.29 is 19.1 Å². The summed E-state index contributed by atoms with van der Waals surface area (Å²) in [5, 5.41) is 3.48. The Morgan fingerprint density at radius 3 is 2.84 bits per heavy atom. The molecule has 25 heavy (non-hydrogen) atoms. The number of amides is 1. The number of esters is 1. The number of hydrogen-bond donors (Lipinski definition) is 1. The van der Waals surface area contributed by atoms with Crippen LogP contribution in [0.5, 0.6) is 5.75 Å². The number of ether oxygens (including phenoxy) is 2. The third kappa shape index (κ3) is 5.11. The molecule has 5 nitrogen and oxygen atoms in total. The predicted octanol–water partition coefficient (Wildman–Crippen LogP) is 3.13. The third-order valence-corrected chi connectivity index (χ3v) is 5.16. The Bertz CT molecular complexity index is 628. The van der Waals surface area contributed by atoms with Crippen LogP contribution < -0.4 is 10.1 Å². The van der Waals surface area contributed by atoms with Crippen molar-refractivity contribution in [3.63, 3.8) is 0 Å². The van der Waals surface area contributed by atoms with E-state index in [-0.39, 0.29) is 19.1 Å². The maximum Gasteiger partial charge on any atom is 0.313 e. The minimum atomic E-state index is -0.405. The topological polar surface area (TPSA) is 64.6 Å². The van der Waals surface area contributed by atoms with Crippen molar-refractivity contribution in [3.05, 3.63) is 28.8 Å². The van der Waals surface area contributed by atoms with Gasteiger partial charge in [0.05, 0.1) is 5.92 Å². The number of fused-ring (bicyclic) bond motifs is 1. The minimum Gasteiger partial charge on any atom is -0.492 e. The molecule has 1 saturated carbocycles. The van der Waals surface area contributed by atoms with Gasteiger partial charge in [0, 0.05) is 11.6 Å². The van der Waals surface area contributed by atoms with E-state index >= 15 is 0 Å². The van der Waals surface area contributed by atoms with Crippen molar-refractivity contribution in [1.82, 2.24) is 5.32 Å². The predicted molar refractivity (Wildman–Crippen MR) is 94.7 cm³/mol. The van der Waals surface area contributed by atoms with Crippen LogP contribution in [-0.2, 0) is 20.7 Å². The van der Waals surface area contributed by atoms with E-state index in [1.54, 1.807) is 18.2 Å². The Morgan fingerprint density at radius 1 is 1.24 bits per heavy atom. The number of carbonyl (C=O) groups excluding carboxylic acids is 2. The molecule has 1 aliphatic carbocycles. The van der Waals surface area contributed by atoms with Crippen LogP contribution in [0.15, 0.2) is 18.2 Å². The first-order valence-electron chi connectivity index (χ1n) is 8.96. The summed E-state index contributed by atoms with van der Waals surface area (Å²) in [7, 11) is 0. The highest BCUT2D eigenvalue weighted by atomic mass is 35.5. The van der Waals surface area contributed by atoms with Crippen molar-refractivity contribution in [3.8, 4) is 5.75 Å². The molecule has 0 spiro atoms. The van der Waals surface area contributed by atoms with Gasteiger partial charge in [-0.1, -0.05) is 30.9 Å². The van der Waals surface area contributed by atoms with Crippen molar-refractivity contribution in [2.24, 2.45) is 11.8 Å². The second-order valence-electron chi connectivity index (χ2n) is 6.88. The fourth-order valence-corrected chi connectivity index (χ4v) is 3.66. The van der Waals surface area contributed by atoms with E-state index in [0.29, 0.717) is 23.9 Å². The van der Waals surface area contributed by atoms with Gasteiger partial charge in [0.25, 0.3) is 5.91 Å². The maximum absolute atomic E-state index is 12.2. The quantitative estimate of drug-likeness (QED) is 0.814. The molecule has 0 aromatic heterocycles. The zero-order chi connectivity index (χ0) is 17.6. The molecule has 1 heterocycles. The maximum atomic E-state index is 12.2. The first-order chi connectivity index (χ1) is 12.1. The molecular weight excluding hydrogens is 342 g/mol. The van der Waals surface area contributed by atoms with E-state index < -0.39 is 11.9 Å². The standard InChI is InChI=1S/C19H24ClNO4/c20-16-6-7-17-14(9-16)8-15(11-24-17)19(23)25-12-18(22)21-10-13-4-2-1-3-5-13/h6-7,9,13,15H,1-5,8,10-12H2,(H,21,22)/t15-/m0/s1. The number of rotatable bonds is 5. The number of benzene rings is 1. The third-order valence-electron chi connectivity index (χ3n) is 4.92. The van der Waals surface area contributed by atoms with Crippen molar-refractivity contribution >= 4 is 23.5 Å². The van der Waals surface area contributed by atoms with E-state index in [4.69, 9.17) is 21.1 Å². The molecule has 0 saturated heterocycles. The lowest BCUT2D eigenvalue weighted by Crippen LogP contribution is -2.36. The Balaban J connectivity index is 1.41. The highest BCUT2D eigenvalue weighted by molar-refractivity contribution is 6.30. The summed E-state index contributed by atoms with van der Waals surface area (Å²) in [5.41, 5.74) is 0.891. The van der Waals surface area contributed by atoms with Crippen molar-refractivity contribution in [2.45, 2.75) is 38.5 Å². The summed E-state index contributed by atoms with van der Waals surface area (Å²) in [6.45, 7) is 0.705. The second kappa shape index (κ2) is 8.56. The first kappa shape index (κ1) is 18.1. The smallest absolute Gasteiger partial charge is 0.313 e. The van der Waals surface area contributed by atoms with Crippen LogP contribution in [0.3, 0.4) is 0 Å². The molecule has 1 fully saturated rings. The molecule has 3 rings (SSSR count). The largest absolute Gasteiger partial charge is 0.492 e. The molecule has 1 atom stereocenters. The van der Waals surface area contributed by atoms with Crippen LogP contribution in [0.2, 0.25) is 5.02 Å². The average Bonchev–Trinajstić information content (AvgIpc) is 2.64. The van der Waals surface area contributed by atoms with Gasteiger partial charge in [-0.3, -0.25) is 9.59 Å². The van der Waals surface area contributed by atoms with E-state index in [9.17, 15) is 9.59 Å². The normalized spacial score (nSPS) is 20.3. The summed E-state index contributed by atoms with van der Waals surface area (Å²) < 4.78 is 10.8. The minimum absolute atomic E-state index is 0.232. The molecular formula is C19H24ClNO4. The highest BCUT2D eigenvalue weighted by Crippen LogP contribution is 2.30. The number of carbonyl (C=O) groups is 2. The van der Waals surface area contributed by atoms with Gasteiger partial charge >= 0.3 is 5.97 Å². The highest BCUT2D eigenvalue weighted by Gasteiger charge is 2.28. The molecule has 0 unspecified atom stereocenters. The number of hydrogen-bond acceptors (Lipinski definition) is 4. The van der Waals surface area contributed by atoms with Crippen molar-refractivity contribution in [2.75, 3.05) is 19.8 Å². The van der Waals surface area contributed by atoms with Crippen LogP contribution in [0.1, 0.15) is 37.7 Å². The molecule has 0 bridgehead atoms. The number of halogens is 1. The lowest BCUT2D eigenvalue weighted by molar-refractivity contribution is -0.153. The van der Waals surface area contributed by atoms with Crippen molar-refractivity contribution in [1.29, 1.82) is 0 Å². The van der Waals surface area contributed by atoms with E-state index in [1.165, 1.54) is 32.1 Å². The van der Waals surface area contributed by atoms with Crippen LogP contribution in [0, 0.1) is 11.8 Å². The lowest BCUT2D eigenvalue weighted by atomic mass is 9.89. The van der Waals surface area contributed by atoms with E-state index in [2.05, 4.69) is 5.32 Å². The molecule has 6 heteroatoms. The van der Waals surface area contributed by atoms with E-state index in [1.807, 2.05) is 0 Å². The molecule has 2 aliphatic rings. The molecule has 1 aromatic rings. The van der Waals surface area contributed by atoms with Gasteiger partial charge in [-0.25, -0.2) is 0 Å². The molecule has 1 N–H and O–H groups in total. The van der Waals surface area contributed by atoms with Gasteiger partial charge in [0.15, 0.2) is 6.61 Å². The Kier molecular flexibility index (Phi) is 6.19.